The van der Waals surface area contributed by atoms with Gasteiger partial charge in [0, 0.05) is 12.8 Å². The Kier molecular flexibility index (Phi) is 30.8. The second-order valence-corrected chi connectivity index (χ2v) is 10.5. The third-order valence-corrected chi connectivity index (χ3v) is 6.48. The van der Waals surface area contributed by atoms with Crippen LogP contribution in [0.15, 0.2) is 72.9 Å². The van der Waals surface area contributed by atoms with Crippen molar-refractivity contribution in [2.45, 2.75) is 136 Å². The number of aliphatic hydroxyl groups is 1. The van der Waals surface area contributed by atoms with Gasteiger partial charge in [-0.1, -0.05) is 119 Å². The van der Waals surface area contributed by atoms with Gasteiger partial charge < -0.3 is 14.6 Å². The fraction of sp³-hybridized carbons (Fsp3) is 0.622. The third kappa shape index (κ3) is 30.3. The van der Waals surface area contributed by atoms with E-state index in [4.69, 9.17) is 9.47 Å². The van der Waals surface area contributed by atoms with Crippen molar-refractivity contribution < 1.29 is 24.2 Å². The maximum absolute atomic E-state index is 12.1. The van der Waals surface area contributed by atoms with Gasteiger partial charge in [0.25, 0.3) is 0 Å². The molecule has 0 saturated heterocycles. The Morgan fingerprint density at radius 3 is 1.64 bits per heavy atom. The largest absolute Gasteiger partial charge is 0.462 e. The number of esters is 2. The van der Waals surface area contributed by atoms with Gasteiger partial charge in [-0.2, -0.15) is 0 Å². The summed E-state index contributed by atoms with van der Waals surface area (Å²) in [6, 6.07) is 0. The summed E-state index contributed by atoms with van der Waals surface area (Å²) >= 11 is 0. The average Bonchev–Trinajstić information content (AvgIpc) is 2.99. The second kappa shape index (κ2) is 32.8. The molecule has 1 N–H and O–H groups in total. The molecule has 0 aromatic heterocycles. The molecule has 0 rings (SSSR count). The second-order valence-electron chi connectivity index (χ2n) is 10.5. The molecular weight excluding hydrogens is 524 g/mol. The zero-order valence-corrected chi connectivity index (χ0v) is 26.7. The number of hydrogen-bond acceptors (Lipinski definition) is 5. The van der Waals surface area contributed by atoms with Crippen LogP contribution < -0.4 is 0 Å². The van der Waals surface area contributed by atoms with E-state index < -0.39 is 6.10 Å². The Morgan fingerprint density at radius 2 is 1.05 bits per heavy atom. The maximum atomic E-state index is 12.1. The van der Waals surface area contributed by atoms with Crippen LogP contribution in [-0.4, -0.2) is 36.4 Å². The number of unbranched alkanes of at least 4 members (excludes halogenated alkanes) is 8. The van der Waals surface area contributed by atoms with Crippen LogP contribution in [0.25, 0.3) is 0 Å². The lowest BCUT2D eigenvalue weighted by molar-refractivity contribution is -0.161. The molecule has 0 aromatic carbocycles. The lowest BCUT2D eigenvalue weighted by atomic mass is 10.1. The van der Waals surface area contributed by atoms with Crippen molar-refractivity contribution in [2.24, 2.45) is 0 Å². The van der Waals surface area contributed by atoms with Gasteiger partial charge in [-0.3, -0.25) is 9.59 Å². The zero-order valence-electron chi connectivity index (χ0n) is 26.7. The monoisotopic (exact) mass is 584 g/mol. The van der Waals surface area contributed by atoms with Crippen molar-refractivity contribution >= 4 is 11.9 Å². The van der Waals surface area contributed by atoms with Crippen molar-refractivity contribution in [3.63, 3.8) is 0 Å². The topological polar surface area (TPSA) is 72.8 Å². The average molecular weight is 585 g/mol. The first-order valence-corrected chi connectivity index (χ1v) is 16.5. The molecule has 0 fully saturated rings. The Labute approximate surface area is 257 Å². The minimum absolute atomic E-state index is 0.103. The van der Waals surface area contributed by atoms with Gasteiger partial charge in [0.15, 0.2) is 6.10 Å². The van der Waals surface area contributed by atoms with E-state index in [1.54, 1.807) is 0 Å². The van der Waals surface area contributed by atoms with Crippen LogP contribution in [-0.2, 0) is 19.1 Å². The molecule has 0 spiro atoms. The summed E-state index contributed by atoms with van der Waals surface area (Å²) in [6.07, 6.45) is 42.4. The van der Waals surface area contributed by atoms with Gasteiger partial charge in [0.1, 0.15) is 6.61 Å². The van der Waals surface area contributed by atoms with Crippen LogP contribution in [0.5, 0.6) is 0 Å². The summed E-state index contributed by atoms with van der Waals surface area (Å²) in [5.41, 5.74) is 0. The summed E-state index contributed by atoms with van der Waals surface area (Å²) in [4.78, 5) is 24.1. The minimum Gasteiger partial charge on any atom is -0.462 e. The maximum Gasteiger partial charge on any atom is 0.306 e. The molecule has 0 aliphatic carbocycles. The van der Waals surface area contributed by atoms with E-state index in [1.807, 2.05) is 0 Å². The molecule has 0 aliphatic heterocycles. The van der Waals surface area contributed by atoms with Gasteiger partial charge in [0.2, 0.25) is 0 Å². The molecule has 238 valence electrons. The highest BCUT2D eigenvalue weighted by atomic mass is 16.6. The smallest absolute Gasteiger partial charge is 0.306 e. The molecule has 0 aliphatic rings. The summed E-state index contributed by atoms with van der Waals surface area (Å²) in [5.74, 6) is -0.681. The van der Waals surface area contributed by atoms with E-state index in [0.29, 0.717) is 19.3 Å². The normalized spacial score (nSPS) is 13.1. The van der Waals surface area contributed by atoms with Crippen LogP contribution >= 0.6 is 0 Å². The Balaban J connectivity index is 3.75. The molecule has 5 heteroatoms. The van der Waals surface area contributed by atoms with Crippen LogP contribution in [0, 0.1) is 0 Å². The third-order valence-electron chi connectivity index (χ3n) is 6.48. The van der Waals surface area contributed by atoms with Gasteiger partial charge in [-0.25, -0.2) is 0 Å². The summed E-state index contributed by atoms with van der Waals surface area (Å²) in [5, 5.41) is 9.48. The van der Waals surface area contributed by atoms with Crippen LogP contribution in [0.1, 0.15) is 129 Å². The SMILES string of the molecule is CC/C=C/C/C=C/C/C=C/C/C=C/C/C=C/CCCC(=O)OC[C@H](CO)OC(=O)CCCCCCC/C=C/CCCC. The van der Waals surface area contributed by atoms with E-state index in [2.05, 4.69) is 86.8 Å². The number of hydrogen-bond donors (Lipinski definition) is 1. The first-order valence-electron chi connectivity index (χ1n) is 16.5. The van der Waals surface area contributed by atoms with Crippen LogP contribution in [0.2, 0.25) is 0 Å². The number of carbonyl (C=O) groups excluding carboxylic acids is 2. The quantitative estimate of drug-likeness (QED) is 0.0563. The van der Waals surface area contributed by atoms with Crippen LogP contribution in [0.4, 0.5) is 0 Å². The van der Waals surface area contributed by atoms with Crippen molar-refractivity contribution in [1.29, 1.82) is 0 Å². The van der Waals surface area contributed by atoms with Crippen molar-refractivity contribution in [2.75, 3.05) is 13.2 Å². The van der Waals surface area contributed by atoms with Crippen molar-refractivity contribution in [3.8, 4) is 0 Å². The van der Waals surface area contributed by atoms with Gasteiger partial charge in [0.05, 0.1) is 6.61 Å². The first kappa shape index (κ1) is 39.3. The molecule has 0 unspecified atom stereocenters. The molecule has 0 radical (unpaired) electrons. The lowest BCUT2D eigenvalue weighted by Gasteiger charge is -2.15. The van der Waals surface area contributed by atoms with Gasteiger partial charge in [-0.05, 0) is 70.6 Å². The molecular formula is C37H60O5. The van der Waals surface area contributed by atoms with E-state index >= 15 is 0 Å². The fourth-order valence-corrected chi connectivity index (χ4v) is 3.98. The zero-order chi connectivity index (χ0) is 30.8. The highest BCUT2D eigenvalue weighted by Gasteiger charge is 2.15. The summed E-state index contributed by atoms with van der Waals surface area (Å²) < 4.78 is 10.5. The molecule has 0 bridgehead atoms. The summed E-state index contributed by atoms with van der Waals surface area (Å²) in [6.45, 7) is 3.89. The molecule has 5 nitrogen and oxygen atoms in total. The first-order chi connectivity index (χ1) is 20.6. The number of carbonyl (C=O) groups is 2. The van der Waals surface area contributed by atoms with E-state index in [0.717, 1.165) is 64.2 Å². The van der Waals surface area contributed by atoms with Crippen LogP contribution in [0.3, 0.4) is 0 Å². The molecule has 0 saturated carbocycles. The summed E-state index contributed by atoms with van der Waals surface area (Å²) in [7, 11) is 0. The predicted molar refractivity (Wildman–Crippen MR) is 177 cm³/mol. The molecule has 0 heterocycles. The number of allylic oxidation sites excluding steroid dienone is 12. The number of rotatable bonds is 28. The van der Waals surface area contributed by atoms with Crippen molar-refractivity contribution in [3.05, 3.63) is 72.9 Å². The van der Waals surface area contributed by atoms with Gasteiger partial charge in [-0.15, -0.1) is 0 Å². The number of aliphatic hydroxyl groups excluding tert-OH is 1. The fourth-order valence-electron chi connectivity index (χ4n) is 3.98. The number of ether oxygens (including phenoxy) is 2. The Morgan fingerprint density at radius 1 is 0.571 bits per heavy atom. The van der Waals surface area contributed by atoms with E-state index in [-0.39, 0.29) is 25.2 Å². The highest BCUT2D eigenvalue weighted by Crippen LogP contribution is 2.10. The van der Waals surface area contributed by atoms with E-state index in [9.17, 15) is 14.7 Å². The minimum atomic E-state index is -0.799. The predicted octanol–water partition coefficient (Wildman–Crippen LogP) is 9.83. The molecule has 42 heavy (non-hydrogen) atoms. The Hall–Kier alpha value is -2.66. The molecule has 1 atom stereocenters. The van der Waals surface area contributed by atoms with E-state index in [1.165, 1.54) is 32.1 Å². The van der Waals surface area contributed by atoms with Gasteiger partial charge >= 0.3 is 11.9 Å². The molecule has 0 aromatic rings. The molecule has 0 amide bonds. The van der Waals surface area contributed by atoms with Crippen molar-refractivity contribution in [1.82, 2.24) is 0 Å². The standard InChI is InChI=1S/C37H60O5/c1-3-5-7-9-11-13-15-16-17-18-19-20-22-23-25-27-29-31-36(39)41-34-35(33-38)42-37(40)32-30-28-26-24-21-14-12-10-8-6-4-2/h5,7,10-13,16-17,19-20,23,25,35,38H,3-4,6,8-9,14-15,18,21-22,24,26-34H2,1-2H3/b7-5+,12-10+,13-11+,17-16+,20-19+,25-23+/t35-/m0/s1. The lowest BCUT2D eigenvalue weighted by Crippen LogP contribution is -2.28. The Bertz CT molecular complexity index is 803. The highest BCUT2D eigenvalue weighted by molar-refractivity contribution is 5.70.